The molecule has 94 valence electrons. The van der Waals surface area contributed by atoms with Crippen LogP contribution in [0.15, 0.2) is 18.3 Å². The molecule has 0 amide bonds. The van der Waals surface area contributed by atoms with E-state index in [4.69, 9.17) is 5.84 Å². The van der Waals surface area contributed by atoms with Crippen molar-refractivity contribution in [2.24, 2.45) is 22.6 Å². The Labute approximate surface area is 103 Å². The SMILES string of the molecule is CC1(C)C(CNc2ccnc(NN)c2)C1(C)C. The van der Waals surface area contributed by atoms with Gasteiger partial charge < -0.3 is 10.7 Å². The second-order valence-corrected chi connectivity index (χ2v) is 5.95. The largest absolute Gasteiger partial charge is 0.385 e. The van der Waals surface area contributed by atoms with Crippen LogP contribution in [0.1, 0.15) is 27.7 Å². The van der Waals surface area contributed by atoms with Crippen molar-refractivity contribution in [3.05, 3.63) is 18.3 Å². The zero-order valence-corrected chi connectivity index (χ0v) is 11.0. The van der Waals surface area contributed by atoms with Crippen LogP contribution in [0, 0.1) is 16.7 Å². The second kappa shape index (κ2) is 3.88. The van der Waals surface area contributed by atoms with Crippen LogP contribution in [0.2, 0.25) is 0 Å². The van der Waals surface area contributed by atoms with Gasteiger partial charge in [0.2, 0.25) is 0 Å². The lowest BCUT2D eigenvalue weighted by molar-refractivity contribution is 0.457. The van der Waals surface area contributed by atoms with E-state index in [2.05, 4.69) is 43.4 Å². The number of nitrogen functional groups attached to an aromatic ring is 1. The molecule has 1 fully saturated rings. The standard InChI is InChI=1S/C13H22N4/c1-12(2)10(13(12,3)4)8-16-9-5-6-15-11(7-9)17-14/h5-7,10H,8,14H2,1-4H3,(H2,15,16,17). The van der Waals surface area contributed by atoms with E-state index in [1.807, 2.05) is 12.1 Å². The van der Waals surface area contributed by atoms with E-state index in [9.17, 15) is 0 Å². The first kappa shape index (κ1) is 12.2. The summed E-state index contributed by atoms with van der Waals surface area (Å²) in [7, 11) is 0. The van der Waals surface area contributed by atoms with Crippen LogP contribution in [0.25, 0.3) is 0 Å². The number of nitrogens with zero attached hydrogens (tertiary/aromatic N) is 1. The molecule has 0 aromatic carbocycles. The molecule has 2 rings (SSSR count). The van der Waals surface area contributed by atoms with Crippen molar-refractivity contribution in [1.82, 2.24) is 4.98 Å². The molecule has 1 aliphatic rings. The molecule has 0 atom stereocenters. The Balaban J connectivity index is 1.95. The van der Waals surface area contributed by atoms with E-state index < -0.39 is 0 Å². The molecule has 1 aromatic rings. The van der Waals surface area contributed by atoms with Crippen LogP contribution in [-0.4, -0.2) is 11.5 Å². The van der Waals surface area contributed by atoms with Gasteiger partial charge >= 0.3 is 0 Å². The summed E-state index contributed by atoms with van der Waals surface area (Å²) < 4.78 is 0. The Morgan fingerprint density at radius 2 is 1.94 bits per heavy atom. The number of hydrazine groups is 1. The van der Waals surface area contributed by atoms with Gasteiger partial charge in [0, 0.05) is 24.5 Å². The summed E-state index contributed by atoms with van der Waals surface area (Å²) in [5.74, 6) is 6.72. The third-order valence-electron chi connectivity index (χ3n) is 4.74. The minimum Gasteiger partial charge on any atom is -0.385 e. The fourth-order valence-corrected chi connectivity index (χ4v) is 2.68. The number of hydrogen-bond donors (Lipinski definition) is 3. The number of nitrogens with one attached hydrogen (secondary N) is 2. The van der Waals surface area contributed by atoms with Gasteiger partial charge in [0.05, 0.1) is 0 Å². The number of aromatic nitrogens is 1. The average molecular weight is 234 g/mol. The molecular formula is C13H22N4. The van der Waals surface area contributed by atoms with E-state index in [1.165, 1.54) is 0 Å². The Morgan fingerprint density at radius 1 is 1.29 bits per heavy atom. The van der Waals surface area contributed by atoms with Gasteiger partial charge in [-0.05, 0) is 22.8 Å². The summed E-state index contributed by atoms with van der Waals surface area (Å²) in [6, 6.07) is 3.88. The zero-order valence-electron chi connectivity index (χ0n) is 11.0. The summed E-state index contributed by atoms with van der Waals surface area (Å²) in [5.41, 5.74) is 4.45. The summed E-state index contributed by atoms with van der Waals surface area (Å²) in [5, 5.41) is 3.46. The molecule has 1 aliphatic carbocycles. The van der Waals surface area contributed by atoms with Gasteiger partial charge in [-0.3, -0.25) is 0 Å². The van der Waals surface area contributed by atoms with Crippen LogP contribution in [0.4, 0.5) is 11.5 Å². The Hall–Kier alpha value is -1.29. The third-order valence-corrected chi connectivity index (χ3v) is 4.74. The van der Waals surface area contributed by atoms with Gasteiger partial charge in [0.25, 0.3) is 0 Å². The summed E-state index contributed by atoms with van der Waals surface area (Å²) in [6.07, 6.45) is 1.75. The van der Waals surface area contributed by atoms with Crippen LogP contribution >= 0.6 is 0 Å². The molecule has 1 heterocycles. The van der Waals surface area contributed by atoms with E-state index in [0.717, 1.165) is 12.2 Å². The molecule has 4 nitrogen and oxygen atoms in total. The quantitative estimate of drug-likeness (QED) is 0.553. The lowest BCUT2D eigenvalue weighted by Crippen LogP contribution is -2.11. The van der Waals surface area contributed by atoms with E-state index in [-0.39, 0.29) is 0 Å². The van der Waals surface area contributed by atoms with Crippen LogP contribution in [-0.2, 0) is 0 Å². The Kier molecular flexibility index (Phi) is 2.78. The third kappa shape index (κ3) is 1.97. The predicted octanol–water partition coefficient (Wildman–Crippen LogP) is 2.46. The highest BCUT2D eigenvalue weighted by Gasteiger charge is 2.63. The summed E-state index contributed by atoms with van der Waals surface area (Å²) in [4.78, 5) is 4.08. The molecule has 0 bridgehead atoms. The number of anilines is 2. The lowest BCUT2D eigenvalue weighted by Gasteiger charge is -2.08. The van der Waals surface area contributed by atoms with E-state index in [1.54, 1.807) is 6.20 Å². The van der Waals surface area contributed by atoms with Gasteiger partial charge in [-0.2, -0.15) is 0 Å². The molecule has 0 aliphatic heterocycles. The lowest BCUT2D eigenvalue weighted by atomic mass is 10.0. The first-order valence-electron chi connectivity index (χ1n) is 6.06. The first-order chi connectivity index (χ1) is 7.89. The van der Waals surface area contributed by atoms with Gasteiger partial charge in [0.1, 0.15) is 5.82 Å². The summed E-state index contributed by atoms with van der Waals surface area (Å²) in [6.45, 7) is 10.3. The van der Waals surface area contributed by atoms with Gasteiger partial charge in [-0.1, -0.05) is 27.7 Å². The minimum absolute atomic E-state index is 0.419. The first-order valence-corrected chi connectivity index (χ1v) is 6.06. The molecule has 4 N–H and O–H groups in total. The average Bonchev–Trinajstić information content (AvgIpc) is 2.67. The smallest absolute Gasteiger partial charge is 0.141 e. The number of pyridine rings is 1. The van der Waals surface area contributed by atoms with Crippen molar-refractivity contribution in [3.63, 3.8) is 0 Å². The summed E-state index contributed by atoms with van der Waals surface area (Å²) >= 11 is 0. The van der Waals surface area contributed by atoms with Crippen LogP contribution < -0.4 is 16.6 Å². The molecule has 0 saturated heterocycles. The molecule has 17 heavy (non-hydrogen) atoms. The minimum atomic E-state index is 0.419. The van der Waals surface area contributed by atoms with E-state index >= 15 is 0 Å². The van der Waals surface area contributed by atoms with Crippen molar-refractivity contribution in [2.45, 2.75) is 27.7 Å². The van der Waals surface area contributed by atoms with Gasteiger partial charge in [-0.25, -0.2) is 10.8 Å². The Bertz CT molecular complexity index is 398. The monoisotopic (exact) mass is 234 g/mol. The normalized spacial score (nSPS) is 21.0. The number of hydrogen-bond acceptors (Lipinski definition) is 4. The fourth-order valence-electron chi connectivity index (χ4n) is 2.68. The molecule has 0 radical (unpaired) electrons. The highest BCUT2D eigenvalue weighted by molar-refractivity contribution is 5.51. The van der Waals surface area contributed by atoms with Gasteiger partial charge in [0.15, 0.2) is 0 Å². The van der Waals surface area contributed by atoms with Gasteiger partial charge in [-0.15, -0.1) is 0 Å². The molecule has 1 aromatic heterocycles. The molecular weight excluding hydrogens is 212 g/mol. The maximum Gasteiger partial charge on any atom is 0.141 e. The maximum atomic E-state index is 5.33. The van der Waals surface area contributed by atoms with Crippen molar-refractivity contribution >= 4 is 11.5 Å². The molecule has 1 saturated carbocycles. The highest BCUT2D eigenvalue weighted by atomic mass is 15.2. The molecule has 4 heteroatoms. The fraction of sp³-hybridized carbons (Fsp3) is 0.615. The second-order valence-electron chi connectivity index (χ2n) is 5.95. The molecule has 0 unspecified atom stereocenters. The Morgan fingerprint density at radius 3 is 2.47 bits per heavy atom. The predicted molar refractivity (Wildman–Crippen MR) is 71.6 cm³/mol. The van der Waals surface area contributed by atoms with Crippen molar-refractivity contribution in [1.29, 1.82) is 0 Å². The van der Waals surface area contributed by atoms with Crippen molar-refractivity contribution in [2.75, 3.05) is 17.3 Å². The number of rotatable bonds is 4. The van der Waals surface area contributed by atoms with E-state index in [0.29, 0.717) is 22.6 Å². The zero-order chi connectivity index (χ0) is 12.7. The van der Waals surface area contributed by atoms with Crippen LogP contribution in [0.3, 0.4) is 0 Å². The molecule has 0 spiro atoms. The van der Waals surface area contributed by atoms with Crippen molar-refractivity contribution in [3.8, 4) is 0 Å². The highest BCUT2D eigenvalue weighted by Crippen LogP contribution is 2.68. The maximum absolute atomic E-state index is 5.33. The van der Waals surface area contributed by atoms with Crippen molar-refractivity contribution < 1.29 is 0 Å². The topological polar surface area (TPSA) is 63.0 Å². The van der Waals surface area contributed by atoms with Crippen LogP contribution in [0.5, 0.6) is 0 Å². The number of nitrogens with two attached hydrogens (primary N) is 1.